The van der Waals surface area contributed by atoms with Gasteiger partial charge in [-0.2, -0.15) is 0 Å². The van der Waals surface area contributed by atoms with Crippen molar-refractivity contribution in [2.24, 2.45) is 0 Å². The molecule has 5 heteroatoms. The van der Waals surface area contributed by atoms with Crippen molar-refractivity contribution in [1.29, 1.82) is 0 Å². The Morgan fingerprint density at radius 2 is 1.85 bits per heavy atom. The van der Waals surface area contributed by atoms with Crippen molar-refractivity contribution >= 4 is 28.5 Å². The average Bonchev–Trinajstić information content (AvgIpc) is 3.10. The summed E-state index contributed by atoms with van der Waals surface area (Å²) >= 11 is 0. The van der Waals surface area contributed by atoms with Crippen molar-refractivity contribution in [3.8, 4) is 0 Å². The van der Waals surface area contributed by atoms with Crippen LogP contribution in [0.25, 0.3) is 10.9 Å². The van der Waals surface area contributed by atoms with E-state index in [1.807, 2.05) is 55.5 Å². The van der Waals surface area contributed by atoms with Gasteiger partial charge in [-0.15, -0.1) is 0 Å². The molecule has 0 saturated heterocycles. The molecule has 3 aromatic rings. The number of carbonyl (C=O) groups excluding carboxylic acids is 2. The second kappa shape index (κ2) is 6.83. The largest absolute Gasteiger partial charge is 0.449 e. The highest BCUT2D eigenvalue weighted by Crippen LogP contribution is 2.28. The predicted octanol–water partition coefficient (Wildman–Crippen LogP) is 3.68. The second-order valence-electron chi connectivity index (χ2n) is 6.74. The lowest BCUT2D eigenvalue weighted by Gasteiger charge is -2.22. The van der Waals surface area contributed by atoms with Gasteiger partial charge in [0.25, 0.3) is 5.91 Å². The maximum Gasteiger partial charge on any atom is 0.339 e. The highest BCUT2D eigenvalue weighted by molar-refractivity contribution is 6.05. The molecule has 1 aromatic heterocycles. The number of pyridine rings is 1. The number of para-hydroxylation sites is 2. The highest BCUT2D eigenvalue weighted by Gasteiger charge is 2.30. The summed E-state index contributed by atoms with van der Waals surface area (Å²) in [5.41, 5.74) is 3.93. The molecule has 0 unspecified atom stereocenters. The number of rotatable bonds is 3. The third-order valence-electron chi connectivity index (χ3n) is 4.85. The van der Waals surface area contributed by atoms with Crippen molar-refractivity contribution in [3.05, 3.63) is 71.4 Å². The molecule has 0 spiro atoms. The maximum absolute atomic E-state index is 12.8. The van der Waals surface area contributed by atoms with E-state index in [2.05, 4.69) is 4.98 Å². The minimum absolute atomic E-state index is 0.205. The van der Waals surface area contributed by atoms with Crippen LogP contribution in [0.1, 0.15) is 28.5 Å². The third-order valence-corrected chi connectivity index (χ3v) is 4.85. The Morgan fingerprint density at radius 1 is 1.11 bits per heavy atom. The zero-order valence-corrected chi connectivity index (χ0v) is 15.3. The molecular formula is C22H20N2O3. The minimum atomic E-state index is -0.865. The Labute approximate surface area is 157 Å². The van der Waals surface area contributed by atoms with E-state index in [0.29, 0.717) is 12.1 Å². The van der Waals surface area contributed by atoms with Gasteiger partial charge in [-0.3, -0.25) is 9.78 Å². The summed E-state index contributed by atoms with van der Waals surface area (Å²) in [6, 6.07) is 16.9. The number of anilines is 1. The van der Waals surface area contributed by atoms with Gasteiger partial charge in [0.2, 0.25) is 0 Å². The van der Waals surface area contributed by atoms with Gasteiger partial charge in [0.1, 0.15) is 0 Å². The number of amides is 1. The first-order valence-corrected chi connectivity index (χ1v) is 9.01. The number of hydrogen-bond donors (Lipinski definition) is 0. The molecule has 0 radical (unpaired) electrons. The van der Waals surface area contributed by atoms with Crippen LogP contribution < -0.4 is 4.90 Å². The number of aromatic nitrogens is 1. The molecule has 0 bridgehead atoms. The topological polar surface area (TPSA) is 59.5 Å². The van der Waals surface area contributed by atoms with E-state index in [4.69, 9.17) is 4.74 Å². The van der Waals surface area contributed by atoms with Gasteiger partial charge in [-0.05, 0) is 44.0 Å². The lowest BCUT2D eigenvalue weighted by Crippen LogP contribution is -2.39. The van der Waals surface area contributed by atoms with E-state index < -0.39 is 12.1 Å². The zero-order valence-electron chi connectivity index (χ0n) is 15.3. The summed E-state index contributed by atoms with van der Waals surface area (Å²) in [4.78, 5) is 31.7. The Morgan fingerprint density at radius 3 is 2.70 bits per heavy atom. The molecule has 0 aliphatic carbocycles. The van der Waals surface area contributed by atoms with E-state index >= 15 is 0 Å². The lowest BCUT2D eigenvalue weighted by molar-refractivity contribution is -0.126. The molecule has 1 aliphatic heterocycles. The summed E-state index contributed by atoms with van der Waals surface area (Å²) in [6.07, 6.45) is -0.0487. The number of nitrogens with zero attached hydrogens (tertiary/aromatic N) is 2. The van der Waals surface area contributed by atoms with E-state index in [-0.39, 0.29) is 5.91 Å². The number of fused-ring (bicyclic) bond motifs is 2. The van der Waals surface area contributed by atoms with Gasteiger partial charge < -0.3 is 9.64 Å². The van der Waals surface area contributed by atoms with Crippen LogP contribution in [0.3, 0.4) is 0 Å². The number of ether oxygens (including phenoxy) is 1. The van der Waals surface area contributed by atoms with E-state index in [1.165, 1.54) is 0 Å². The summed E-state index contributed by atoms with van der Waals surface area (Å²) in [5, 5.41) is 0.722. The van der Waals surface area contributed by atoms with Gasteiger partial charge in [0.15, 0.2) is 6.10 Å². The number of benzene rings is 2. The molecule has 136 valence electrons. The molecule has 0 saturated carbocycles. The van der Waals surface area contributed by atoms with Gasteiger partial charge in [0.05, 0.1) is 11.1 Å². The van der Waals surface area contributed by atoms with Gasteiger partial charge in [0, 0.05) is 23.3 Å². The first kappa shape index (κ1) is 17.2. The first-order chi connectivity index (χ1) is 13.0. The Bertz CT molecular complexity index is 1040. The van der Waals surface area contributed by atoms with Gasteiger partial charge in [-0.25, -0.2) is 4.79 Å². The van der Waals surface area contributed by atoms with Crippen LogP contribution in [0.5, 0.6) is 0 Å². The van der Waals surface area contributed by atoms with Crippen LogP contribution in [0.4, 0.5) is 5.69 Å². The number of esters is 1. The lowest BCUT2D eigenvalue weighted by atomic mass is 10.1. The molecule has 27 heavy (non-hydrogen) atoms. The number of hydrogen-bond acceptors (Lipinski definition) is 4. The zero-order chi connectivity index (χ0) is 19.0. The molecule has 2 aromatic carbocycles. The van der Waals surface area contributed by atoms with E-state index in [9.17, 15) is 9.59 Å². The quantitative estimate of drug-likeness (QED) is 0.669. The van der Waals surface area contributed by atoms with E-state index in [0.717, 1.165) is 34.3 Å². The molecule has 1 atom stereocenters. The van der Waals surface area contributed by atoms with Gasteiger partial charge in [-0.1, -0.05) is 36.4 Å². The molecule has 0 N–H and O–H groups in total. The fraction of sp³-hybridized carbons (Fsp3) is 0.227. The highest BCUT2D eigenvalue weighted by atomic mass is 16.5. The van der Waals surface area contributed by atoms with Crippen LogP contribution >= 0.6 is 0 Å². The fourth-order valence-electron chi connectivity index (χ4n) is 3.54. The number of aryl methyl sites for hydroxylation is 1. The Kier molecular flexibility index (Phi) is 4.36. The maximum atomic E-state index is 12.8. The standard InChI is InChI=1S/C22H20N2O3/c1-14-13-18(17-8-4-5-9-19(17)23-14)22(26)27-15(2)21(25)24-12-11-16-7-3-6-10-20(16)24/h3-10,13,15H,11-12H2,1-2H3/t15-/m1/s1. The fourth-order valence-corrected chi connectivity index (χ4v) is 3.54. The summed E-state index contributed by atoms with van der Waals surface area (Å²) in [6.45, 7) is 4.06. The second-order valence-corrected chi connectivity index (χ2v) is 6.74. The number of carbonyl (C=O) groups is 2. The molecule has 1 amide bonds. The van der Waals surface area contributed by atoms with Crippen molar-refractivity contribution < 1.29 is 14.3 Å². The van der Waals surface area contributed by atoms with Crippen molar-refractivity contribution in [2.45, 2.75) is 26.4 Å². The first-order valence-electron chi connectivity index (χ1n) is 9.01. The van der Waals surface area contributed by atoms with E-state index in [1.54, 1.807) is 17.9 Å². The molecule has 4 rings (SSSR count). The molecule has 1 aliphatic rings. The SMILES string of the molecule is Cc1cc(C(=O)O[C@H](C)C(=O)N2CCc3ccccc32)c2ccccc2n1. The van der Waals surface area contributed by atoms with Gasteiger partial charge >= 0.3 is 5.97 Å². The van der Waals surface area contributed by atoms with Crippen molar-refractivity contribution in [3.63, 3.8) is 0 Å². The Balaban J connectivity index is 1.56. The monoisotopic (exact) mass is 360 g/mol. The van der Waals surface area contributed by atoms with Crippen molar-refractivity contribution in [2.75, 3.05) is 11.4 Å². The normalized spacial score (nSPS) is 14.1. The van der Waals surface area contributed by atoms with Crippen LogP contribution in [-0.4, -0.2) is 29.5 Å². The van der Waals surface area contributed by atoms with Crippen LogP contribution in [0.2, 0.25) is 0 Å². The predicted molar refractivity (Wildman–Crippen MR) is 104 cm³/mol. The van der Waals surface area contributed by atoms with Crippen LogP contribution in [0.15, 0.2) is 54.6 Å². The third kappa shape index (κ3) is 3.16. The molecule has 2 heterocycles. The van der Waals surface area contributed by atoms with Crippen LogP contribution in [0, 0.1) is 6.92 Å². The minimum Gasteiger partial charge on any atom is -0.449 e. The Hall–Kier alpha value is -3.21. The summed E-state index contributed by atoms with van der Waals surface area (Å²) in [5.74, 6) is -0.714. The van der Waals surface area contributed by atoms with Crippen molar-refractivity contribution in [1.82, 2.24) is 4.98 Å². The van der Waals surface area contributed by atoms with Crippen LogP contribution in [-0.2, 0) is 16.0 Å². The average molecular weight is 360 g/mol. The molecular weight excluding hydrogens is 340 g/mol. The molecule has 5 nitrogen and oxygen atoms in total. The smallest absolute Gasteiger partial charge is 0.339 e. The summed E-state index contributed by atoms with van der Waals surface area (Å²) < 4.78 is 5.53. The molecule has 0 fully saturated rings. The summed E-state index contributed by atoms with van der Waals surface area (Å²) in [7, 11) is 0.